The Morgan fingerprint density at radius 2 is 2.00 bits per heavy atom. The standard InChI is InChI=1S/C13H13N7O/c14-6-10-8-19(18-16-10)9-13(21)12-7-15-17-20(12)11-4-2-1-3-5-11/h1-5,7-8H,6,9,14H2. The van der Waals surface area contributed by atoms with Crippen LogP contribution in [0, 0.1) is 0 Å². The molecule has 3 aromatic rings. The van der Waals surface area contributed by atoms with Crippen molar-refractivity contribution in [1.29, 1.82) is 0 Å². The van der Waals surface area contributed by atoms with Gasteiger partial charge in [-0.15, -0.1) is 10.2 Å². The van der Waals surface area contributed by atoms with Crippen molar-refractivity contribution in [2.24, 2.45) is 5.73 Å². The number of nitrogens with two attached hydrogens (primary N) is 1. The third-order valence-electron chi connectivity index (χ3n) is 2.94. The monoisotopic (exact) mass is 283 g/mol. The minimum Gasteiger partial charge on any atom is -0.325 e. The number of Topliss-reactive ketones (excluding diaryl/α,β-unsaturated/α-hetero) is 1. The van der Waals surface area contributed by atoms with Gasteiger partial charge in [-0.1, -0.05) is 28.6 Å². The summed E-state index contributed by atoms with van der Waals surface area (Å²) < 4.78 is 2.95. The van der Waals surface area contributed by atoms with E-state index in [1.54, 1.807) is 6.20 Å². The lowest BCUT2D eigenvalue weighted by Crippen LogP contribution is -2.15. The molecule has 1 aromatic carbocycles. The molecule has 0 atom stereocenters. The first-order valence-corrected chi connectivity index (χ1v) is 6.36. The largest absolute Gasteiger partial charge is 0.325 e. The van der Waals surface area contributed by atoms with Crippen LogP contribution in [-0.2, 0) is 13.1 Å². The molecular formula is C13H13N7O. The van der Waals surface area contributed by atoms with Crippen molar-refractivity contribution in [3.05, 3.63) is 54.1 Å². The smallest absolute Gasteiger partial charge is 0.204 e. The topological polar surface area (TPSA) is 105 Å². The molecule has 2 aromatic heterocycles. The maximum atomic E-state index is 12.3. The highest BCUT2D eigenvalue weighted by Crippen LogP contribution is 2.10. The Bertz CT molecular complexity index is 747. The Morgan fingerprint density at radius 1 is 1.19 bits per heavy atom. The molecule has 8 heteroatoms. The van der Waals surface area contributed by atoms with Crippen molar-refractivity contribution in [1.82, 2.24) is 30.0 Å². The zero-order valence-electron chi connectivity index (χ0n) is 11.1. The summed E-state index contributed by atoms with van der Waals surface area (Å²) in [6.07, 6.45) is 3.09. The maximum Gasteiger partial charge on any atom is 0.204 e. The Hall–Kier alpha value is -2.87. The lowest BCUT2D eigenvalue weighted by atomic mass is 10.2. The Balaban J connectivity index is 1.84. The van der Waals surface area contributed by atoms with Crippen LogP contribution in [0.2, 0.25) is 0 Å². The summed E-state index contributed by atoms with van der Waals surface area (Å²) >= 11 is 0. The second kappa shape index (κ2) is 5.63. The normalized spacial score (nSPS) is 10.7. The van der Waals surface area contributed by atoms with Crippen LogP contribution in [0.25, 0.3) is 5.69 Å². The molecule has 0 saturated carbocycles. The van der Waals surface area contributed by atoms with E-state index in [4.69, 9.17) is 5.73 Å². The third-order valence-corrected chi connectivity index (χ3v) is 2.94. The van der Waals surface area contributed by atoms with Crippen molar-refractivity contribution in [3.63, 3.8) is 0 Å². The molecule has 0 aliphatic carbocycles. The summed E-state index contributed by atoms with van der Waals surface area (Å²) in [6.45, 7) is 0.352. The van der Waals surface area contributed by atoms with Gasteiger partial charge in [-0.3, -0.25) is 4.79 Å². The van der Waals surface area contributed by atoms with E-state index in [1.807, 2.05) is 30.3 Å². The van der Waals surface area contributed by atoms with Gasteiger partial charge in [0.2, 0.25) is 5.78 Å². The molecule has 0 spiro atoms. The van der Waals surface area contributed by atoms with Crippen LogP contribution < -0.4 is 5.73 Å². The van der Waals surface area contributed by atoms with Gasteiger partial charge < -0.3 is 5.73 Å². The van der Waals surface area contributed by atoms with E-state index in [-0.39, 0.29) is 18.9 Å². The SMILES string of the molecule is NCc1cn(CC(=O)c2cnnn2-c2ccccc2)nn1. The fourth-order valence-corrected chi connectivity index (χ4v) is 1.92. The molecule has 0 saturated heterocycles. The average Bonchev–Trinajstić information content (AvgIpc) is 3.17. The number of nitrogens with zero attached hydrogens (tertiary/aromatic N) is 6. The van der Waals surface area contributed by atoms with E-state index in [2.05, 4.69) is 20.6 Å². The quantitative estimate of drug-likeness (QED) is 0.671. The zero-order chi connectivity index (χ0) is 14.7. The predicted molar refractivity (Wildman–Crippen MR) is 73.6 cm³/mol. The second-order valence-electron chi connectivity index (χ2n) is 4.40. The molecule has 0 fully saturated rings. The van der Waals surface area contributed by atoms with E-state index in [1.165, 1.54) is 15.6 Å². The number of benzene rings is 1. The second-order valence-corrected chi connectivity index (χ2v) is 4.40. The van der Waals surface area contributed by atoms with Crippen LogP contribution >= 0.6 is 0 Å². The highest BCUT2D eigenvalue weighted by atomic mass is 16.1. The minimum atomic E-state index is -0.155. The first-order chi connectivity index (χ1) is 10.3. The fraction of sp³-hybridized carbons (Fsp3) is 0.154. The van der Waals surface area contributed by atoms with Gasteiger partial charge in [0.1, 0.15) is 12.2 Å². The van der Waals surface area contributed by atoms with Gasteiger partial charge >= 0.3 is 0 Å². The highest BCUT2D eigenvalue weighted by Gasteiger charge is 2.15. The number of ketones is 1. The van der Waals surface area contributed by atoms with Gasteiger partial charge in [-0.2, -0.15) is 0 Å². The number of para-hydroxylation sites is 1. The lowest BCUT2D eigenvalue weighted by Gasteiger charge is -2.04. The fourth-order valence-electron chi connectivity index (χ4n) is 1.92. The van der Waals surface area contributed by atoms with E-state index in [0.717, 1.165) is 5.69 Å². The number of hydrogen-bond donors (Lipinski definition) is 1. The number of carbonyl (C=O) groups is 1. The lowest BCUT2D eigenvalue weighted by molar-refractivity contribution is 0.0959. The molecule has 2 N–H and O–H groups in total. The maximum absolute atomic E-state index is 12.3. The van der Waals surface area contributed by atoms with E-state index < -0.39 is 0 Å². The first kappa shape index (κ1) is 13.1. The summed E-state index contributed by atoms with van der Waals surface area (Å²) in [7, 11) is 0. The molecular weight excluding hydrogens is 270 g/mol. The molecule has 106 valence electrons. The molecule has 0 aliphatic rings. The number of rotatable bonds is 5. The first-order valence-electron chi connectivity index (χ1n) is 6.36. The van der Waals surface area contributed by atoms with Crippen LogP contribution in [0.15, 0.2) is 42.7 Å². The Kier molecular flexibility index (Phi) is 3.52. The zero-order valence-corrected chi connectivity index (χ0v) is 11.1. The molecule has 0 radical (unpaired) electrons. The van der Waals surface area contributed by atoms with Crippen LogP contribution in [-0.4, -0.2) is 35.8 Å². The van der Waals surface area contributed by atoms with E-state index >= 15 is 0 Å². The minimum absolute atomic E-state index is 0.0627. The number of aromatic nitrogens is 6. The van der Waals surface area contributed by atoms with Gasteiger partial charge in [-0.25, -0.2) is 9.36 Å². The summed E-state index contributed by atoms with van der Waals surface area (Å²) in [4.78, 5) is 12.3. The van der Waals surface area contributed by atoms with Gasteiger partial charge in [-0.05, 0) is 12.1 Å². The van der Waals surface area contributed by atoms with Crippen molar-refractivity contribution >= 4 is 5.78 Å². The Morgan fingerprint density at radius 3 is 2.71 bits per heavy atom. The molecule has 2 heterocycles. The van der Waals surface area contributed by atoms with Crippen LogP contribution in [0.4, 0.5) is 0 Å². The molecule has 0 amide bonds. The van der Waals surface area contributed by atoms with Crippen molar-refractivity contribution in [3.8, 4) is 5.69 Å². The van der Waals surface area contributed by atoms with Crippen LogP contribution in [0.1, 0.15) is 16.2 Å². The van der Waals surface area contributed by atoms with E-state index in [0.29, 0.717) is 11.4 Å². The molecule has 21 heavy (non-hydrogen) atoms. The summed E-state index contributed by atoms with van der Waals surface area (Å²) in [5.41, 5.74) is 7.27. The third kappa shape index (κ3) is 2.70. The Labute approximate surface area is 120 Å². The predicted octanol–water partition coefficient (Wildman–Crippen LogP) is 0.200. The average molecular weight is 283 g/mol. The number of hydrogen-bond acceptors (Lipinski definition) is 6. The van der Waals surface area contributed by atoms with Crippen molar-refractivity contribution < 1.29 is 4.79 Å². The molecule has 0 unspecified atom stereocenters. The molecule has 8 nitrogen and oxygen atoms in total. The molecule has 3 rings (SSSR count). The highest BCUT2D eigenvalue weighted by molar-refractivity contribution is 5.94. The molecule has 0 bridgehead atoms. The van der Waals surface area contributed by atoms with Crippen molar-refractivity contribution in [2.45, 2.75) is 13.1 Å². The summed E-state index contributed by atoms with van der Waals surface area (Å²) in [5.74, 6) is -0.155. The van der Waals surface area contributed by atoms with Crippen LogP contribution in [0.3, 0.4) is 0 Å². The van der Waals surface area contributed by atoms with Gasteiger partial charge in [0.15, 0.2) is 0 Å². The molecule has 0 aliphatic heterocycles. The van der Waals surface area contributed by atoms with Gasteiger partial charge in [0.05, 0.1) is 23.8 Å². The summed E-state index contributed by atoms with van der Waals surface area (Å²) in [5, 5.41) is 15.5. The van der Waals surface area contributed by atoms with Crippen LogP contribution in [0.5, 0.6) is 0 Å². The van der Waals surface area contributed by atoms with Crippen molar-refractivity contribution in [2.75, 3.05) is 0 Å². The van der Waals surface area contributed by atoms with Gasteiger partial charge in [0.25, 0.3) is 0 Å². The summed E-state index contributed by atoms with van der Waals surface area (Å²) in [6, 6.07) is 9.35. The van der Waals surface area contributed by atoms with Gasteiger partial charge in [0, 0.05) is 6.54 Å². The van der Waals surface area contributed by atoms with E-state index in [9.17, 15) is 4.79 Å². The number of carbonyl (C=O) groups excluding carboxylic acids is 1.